The van der Waals surface area contributed by atoms with Gasteiger partial charge in [0.15, 0.2) is 0 Å². The summed E-state index contributed by atoms with van der Waals surface area (Å²) in [5.41, 5.74) is 2.90. The van der Waals surface area contributed by atoms with Gasteiger partial charge in [0.1, 0.15) is 6.29 Å². The molecule has 1 atom stereocenters. The lowest BCUT2D eigenvalue weighted by molar-refractivity contribution is -0.111. The van der Waals surface area contributed by atoms with Gasteiger partial charge in [-0.3, -0.25) is 0 Å². The van der Waals surface area contributed by atoms with Crippen molar-refractivity contribution >= 4 is 6.29 Å². The van der Waals surface area contributed by atoms with Crippen molar-refractivity contribution in [3.8, 4) is 0 Å². The molecule has 56 valence electrons. The molecule has 10 heavy (non-hydrogen) atoms. The van der Waals surface area contributed by atoms with Crippen LogP contribution in [-0.4, -0.2) is 6.29 Å². The monoisotopic (exact) mass is 138 g/mol. The maximum Gasteiger partial charge on any atom is 0.123 e. The van der Waals surface area contributed by atoms with Crippen molar-refractivity contribution in [2.45, 2.75) is 33.1 Å². The summed E-state index contributed by atoms with van der Waals surface area (Å²) in [5.74, 6) is 0.309. The molecule has 1 unspecified atom stereocenters. The van der Waals surface area contributed by atoms with Crippen molar-refractivity contribution in [1.29, 1.82) is 0 Å². The third-order valence-corrected chi connectivity index (χ3v) is 2.38. The zero-order chi connectivity index (χ0) is 7.56. The lowest BCUT2D eigenvalue weighted by Crippen LogP contribution is -2.08. The molecule has 0 aromatic heterocycles. The highest BCUT2D eigenvalue weighted by Crippen LogP contribution is 2.27. The summed E-state index contributed by atoms with van der Waals surface area (Å²) in [4.78, 5) is 10.4. The van der Waals surface area contributed by atoms with Crippen molar-refractivity contribution in [2.75, 3.05) is 0 Å². The number of carbonyl (C=O) groups is 1. The number of hydrogen-bond donors (Lipinski definition) is 0. The number of allylic oxidation sites excluding steroid dienone is 2. The van der Waals surface area contributed by atoms with Crippen LogP contribution >= 0.6 is 0 Å². The summed E-state index contributed by atoms with van der Waals surface area (Å²) in [7, 11) is 0. The van der Waals surface area contributed by atoms with E-state index in [0.717, 1.165) is 25.5 Å². The molecule has 0 fully saturated rings. The molecule has 1 aliphatic carbocycles. The molecular weight excluding hydrogens is 124 g/mol. The largest absolute Gasteiger partial charge is 0.303 e. The molecule has 0 aliphatic heterocycles. The van der Waals surface area contributed by atoms with Crippen molar-refractivity contribution < 1.29 is 4.79 Å². The molecule has 1 nitrogen and oxygen atoms in total. The molecule has 0 radical (unpaired) electrons. The van der Waals surface area contributed by atoms with Crippen LogP contribution in [0.5, 0.6) is 0 Å². The van der Waals surface area contributed by atoms with E-state index >= 15 is 0 Å². The first-order chi connectivity index (χ1) is 4.74. The summed E-state index contributed by atoms with van der Waals surface area (Å²) >= 11 is 0. The predicted molar refractivity (Wildman–Crippen MR) is 41.8 cm³/mol. The fourth-order valence-electron chi connectivity index (χ4n) is 1.40. The van der Waals surface area contributed by atoms with Crippen LogP contribution < -0.4 is 0 Å². The SMILES string of the molecule is CC1=C(C)CC(C=O)CC1. The maximum absolute atomic E-state index is 10.4. The van der Waals surface area contributed by atoms with Crippen LogP contribution in [0.1, 0.15) is 33.1 Å². The fourth-order valence-corrected chi connectivity index (χ4v) is 1.40. The lowest BCUT2D eigenvalue weighted by Gasteiger charge is -2.19. The van der Waals surface area contributed by atoms with Crippen LogP contribution in [0.25, 0.3) is 0 Å². The van der Waals surface area contributed by atoms with Crippen molar-refractivity contribution in [3.63, 3.8) is 0 Å². The average molecular weight is 138 g/mol. The molecular formula is C9H14O. The number of hydrogen-bond acceptors (Lipinski definition) is 1. The van der Waals surface area contributed by atoms with E-state index in [-0.39, 0.29) is 0 Å². The van der Waals surface area contributed by atoms with Gasteiger partial charge < -0.3 is 4.79 Å². The van der Waals surface area contributed by atoms with Gasteiger partial charge in [0.25, 0.3) is 0 Å². The van der Waals surface area contributed by atoms with Crippen molar-refractivity contribution in [2.24, 2.45) is 5.92 Å². The van der Waals surface area contributed by atoms with Gasteiger partial charge in [-0.05, 0) is 33.1 Å². The Balaban J connectivity index is 2.62. The summed E-state index contributed by atoms with van der Waals surface area (Å²) < 4.78 is 0. The maximum atomic E-state index is 10.4. The molecule has 0 saturated carbocycles. The van der Waals surface area contributed by atoms with Crippen LogP contribution in [0.15, 0.2) is 11.1 Å². The molecule has 0 N–H and O–H groups in total. The lowest BCUT2D eigenvalue weighted by atomic mass is 9.86. The second-order valence-corrected chi connectivity index (χ2v) is 3.20. The molecule has 0 amide bonds. The normalized spacial score (nSPS) is 26.8. The smallest absolute Gasteiger partial charge is 0.123 e. The molecule has 1 rings (SSSR count). The van der Waals surface area contributed by atoms with E-state index < -0.39 is 0 Å². The van der Waals surface area contributed by atoms with E-state index in [1.54, 1.807) is 0 Å². The Kier molecular flexibility index (Phi) is 2.25. The van der Waals surface area contributed by atoms with Gasteiger partial charge in [-0.2, -0.15) is 0 Å². The summed E-state index contributed by atoms with van der Waals surface area (Å²) in [6.45, 7) is 4.29. The van der Waals surface area contributed by atoms with Gasteiger partial charge in [0, 0.05) is 5.92 Å². The second-order valence-electron chi connectivity index (χ2n) is 3.20. The average Bonchev–Trinajstić information content (AvgIpc) is 1.95. The van der Waals surface area contributed by atoms with Crippen LogP contribution in [-0.2, 0) is 4.79 Å². The molecule has 0 spiro atoms. The number of aldehydes is 1. The third kappa shape index (κ3) is 1.47. The van der Waals surface area contributed by atoms with Crippen molar-refractivity contribution in [1.82, 2.24) is 0 Å². The van der Waals surface area contributed by atoms with E-state index in [9.17, 15) is 4.79 Å². The van der Waals surface area contributed by atoms with E-state index in [1.165, 1.54) is 11.1 Å². The van der Waals surface area contributed by atoms with Gasteiger partial charge in [0.05, 0.1) is 0 Å². The third-order valence-electron chi connectivity index (χ3n) is 2.38. The summed E-state index contributed by atoms with van der Waals surface area (Å²) in [6, 6.07) is 0. The highest BCUT2D eigenvalue weighted by Gasteiger charge is 2.14. The Labute approximate surface area is 62.1 Å². The highest BCUT2D eigenvalue weighted by molar-refractivity contribution is 5.54. The van der Waals surface area contributed by atoms with Crippen molar-refractivity contribution in [3.05, 3.63) is 11.1 Å². The number of rotatable bonds is 1. The molecule has 0 heterocycles. The minimum atomic E-state index is 0.309. The molecule has 0 saturated heterocycles. The van der Waals surface area contributed by atoms with E-state index in [1.807, 2.05) is 0 Å². The molecule has 1 heteroatoms. The Morgan fingerprint density at radius 3 is 2.60 bits per heavy atom. The van der Waals surface area contributed by atoms with E-state index in [2.05, 4.69) is 13.8 Å². The van der Waals surface area contributed by atoms with Crippen LogP contribution in [0.4, 0.5) is 0 Å². The van der Waals surface area contributed by atoms with Crippen LogP contribution in [0.2, 0.25) is 0 Å². The van der Waals surface area contributed by atoms with Gasteiger partial charge in [0.2, 0.25) is 0 Å². The number of carbonyl (C=O) groups excluding carboxylic acids is 1. The molecule has 1 aliphatic rings. The zero-order valence-electron chi connectivity index (χ0n) is 6.68. The Morgan fingerprint density at radius 2 is 2.10 bits per heavy atom. The van der Waals surface area contributed by atoms with Crippen LogP contribution in [0.3, 0.4) is 0 Å². The predicted octanol–water partition coefficient (Wildman–Crippen LogP) is 2.32. The summed E-state index contributed by atoms with van der Waals surface area (Å²) in [5, 5.41) is 0. The van der Waals surface area contributed by atoms with Gasteiger partial charge in [-0.15, -0.1) is 0 Å². The van der Waals surface area contributed by atoms with Gasteiger partial charge >= 0.3 is 0 Å². The van der Waals surface area contributed by atoms with E-state index in [0.29, 0.717) is 5.92 Å². The van der Waals surface area contributed by atoms with Gasteiger partial charge in [-0.25, -0.2) is 0 Å². The topological polar surface area (TPSA) is 17.1 Å². The second kappa shape index (κ2) is 3.00. The molecule has 0 aromatic carbocycles. The van der Waals surface area contributed by atoms with Gasteiger partial charge in [-0.1, -0.05) is 11.1 Å². The minimum Gasteiger partial charge on any atom is -0.303 e. The Bertz CT molecular complexity index is 168. The summed E-state index contributed by atoms with van der Waals surface area (Å²) in [6.07, 6.45) is 4.27. The van der Waals surface area contributed by atoms with Crippen LogP contribution in [0, 0.1) is 5.92 Å². The Hall–Kier alpha value is -0.590. The quantitative estimate of drug-likeness (QED) is 0.401. The Morgan fingerprint density at radius 1 is 1.40 bits per heavy atom. The molecule has 0 bridgehead atoms. The molecule has 0 aromatic rings. The van der Waals surface area contributed by atoms with E-state index in [4.69, 9.17) is 0 Å². The first-order valence-electron chi connectivity index (χ1n) is 3.84. The minimum absolute atomic E-state index is 0.309. The standard InChI is InChI=1S/C9H14O/c1-7-3-4-9(6-10)5-8(7)2/h6,9H,3-5H2,1-2H3. The first-order valence-corrected chi connectivity index (χ1v) is 3.84. The highest BCUT2D eigenvalue weighted by atomic mass is 16.1. The zero-order valence-corrected chi connectivity index (χ0v) is 6.68. The first kappa shape index (κ1) is 7.52. The fraction of sp³-hybridized carbons (Fsp3) is 0.667.